The maximum absolute atomic E-state index is 12.0. The maximum atomic E-state index is 12.0. The summed E-state index contributed by atoms with van der Waals surface area (Å²) < 4.78 is 11.4. The first kappa shape index (κ1) is 18.5. The van der Waals surface area contributed by atoms with Crippen molar-refractivity contribution in [1.82, 2.24) is 4.90 Å². The summed E-state index contributed by atoms with van der Waals surface area (Å²) in [6.45, 7) is 2.06. The molecule has 6 heteroatoms. The van der Waals surface area contributed by atoms with Gasteiger partial charge in [-0.1, -0.05) is 11.6 Å². The van der Waals surface area contributed by atoms with E-state index in [4.69, 9.17) is 21.1 Å². The standard InChI is InChI=1S/C20H23ClN2O3/c1-23-12-10-19(11-13-23)26-18-8-4-16(5-9-18)22-20(24)14-25-17-6-2-15(21)3-7-17/h2-9,19H,10-14H2,1H3,(H,22,24). The van der Waals surface area contributed by atoms with Gasteiger partial charge in [0.2, 0.25) is 0 Å². The molecule has 3 rings (SSSR count). The Morgan fingerprint density at radius 2 is 1.69 bits per heavy atom. The third kappa shape index (κ3) is 5.64. The second kappa shape index (κ2) is 8.92. The minimum atomic E-state index is -0.219. The van der Waals surface area contributed by atoms with Crippen LogP contribution in [0.1, 0.15) is 12.8 Å². The number of likely N-dealkylation sites (tertiary alicyclic amines) is 1. The van der Waals surface area contributed by atoms with Crippen molar-refractivity contribution >= 4 is 23.2 Å². The van der Waals surface area contributed by atoms with Crippen molar-refractivity contribution in [2.75, 3.05) is 32.1 Å². The van der Waals surface area contributed by atoms with Gasteiger partial charge in [0, 0.05) is 23.8 Å². The summed E-state index contributed by atoms with van der Waals surface area (Å²) in [6, 6.07) is 14.3. The van der Waals surface area contributed by atoms with Crippen molar-refractivity contribution in [3.8, 4) is 11.5 Å². The number of nitrogens with one attached hydrogen (secondary N) is 1. The molecule has 1 N–H and O–H groups in total. The van der Waals surface area contributed by atoms with Gasteiger partial charge in [0.15, 0.2) is 6.61 Å². The number of piperidine rings is 1. The molecular weight excluding hydrogens is 352 g/mol. The van der Waals surface area contributed by atoms with Gasteiger partial charge in [-0.3, -0.25) is 4.79 Å². The van der Waals surface area contributed by atoms with E-state index in [1.54, 1.807) is 24.3 Å². The van der Waals surface area contributed by atoms with Crippen LogP contribution < -0.4 is 14.8 Å². The van der Waals surface area contributed by atoms with Crippen LogP contribution in [0.2, 0.25) is 5.02 Å². The second-order valence-corrected chi connectivity index (χ2v) is 6.87. The van der Waals surface area contributed by atoms with Crippen LogP contribution in [-0.2, 0) is 4.79 Å². The molecule has 0 unspecified atom stereocenters. The van der Waals surface area contributed by atoms with E-state index >= 15 is 0 Å². The Morgan fingerprint density at radius 1 is 1.08 bits per heavy atom. The van der Waals surface area contributed by atoms with Crippen molar-refractivity contribution in [3.05, 3.63) is 53.6 Å². The quantitative estimate of drug-likeness (QED) is 0.834. The lowest BCUT2D eigenvalue weighted by Crippen LogP contribution is -2.35. The maximum Gasteiger partial charge on any atom is 0.262 e. The molecule has 0 aliphatic carbocycles. The largest absolute Gasteiger partial charge is 0.490 e. The van der Waals surface area contributed by atoms with Gasteiger partial charge in [-0.05, 0) is 68.4 Å². The van der Waals surface area contributed by atoms with E-state index in [1.165, 1.54) is 0 Å². The molecule has 1 saturated heterocycles. The van der Waals surface area contributed by atoms with Gasteiger partial charge < -0.3 is 19.7 Å². The van der Waals surface area contributed by atoms with Crippen molar-refractivity contribution in [3.63, 3.8) is 0 Å². The lowest BCUT2D eigenvalue weighted by molar-refractivity contribution is -0.118. The smallest absolute Gasteiger partial charge is 0.262 e. The molecule has 0 atom stereocenters. The summed E-state index contributed by atoms with van der Waals surface area (Å²) in [5, 5.41) is 3.44. The molecule has 0 spiro atoms. The lowest BCUT2D eigenvalue weighted by Gasteiger charge is -2.29. The summed E-state index contributed by atoms with van der Waals surface area (Å²) in [5.74, 6) is 1.21. The third-order valence-corrected chi connectivity index (χ3v) is 4.54. The van der Waals surface area contributed by atoms with Crippen LogP contribution in [0.25, 0.3) is 0 Å². The molecule has 2 aromatic rings. The molecule has 0 bridgehead atoms. The Labute approximate surface area is 158 Å². The first-order valence-electron chi connectivity index (χ1n) is 8.72. The van der Waals surface area contributed by atoms with Crippen LogP contribution in [0.15, 0.2) is 48.5 Å². The highest BCUT2D eigenvalue weighted by Gasteiger charge is 2.17. The molecule has 1 aliphatic rings. The summed E-state index contributed by atoms with van der Waals surface area (Å²) >= 11 is 5.82. The summed E-state index contributed by atoms with van der Waals surface area (Å²) in [7, 11) is 2.13. The molecule has 1 fully saturated rings. The average Bonchev–Trinajstić information content (AvgIpc) is 2.65. The van der Waals surface area contributed by atoms with Gasteiger partial charge in [0.05, 0.1) is 0 Å². The number of halogens is 1. The van der Waals surface area contributed by atoms with E-state index in [2.05, 4.69) is 17.3 Å². The Morgan fingerprint density at radius 3 is 2.35 bits per heavy atom. The zero-order valence-corrected chi connectivity index (χ0v) is 15.5. The van der Waals surface area contributed by atoms with Crippen LogP contribution in [-0.4, -0.2) is 43.7 Å². The fourth-order valence-corrected chi connectivity index (χ4v) is 2.91. The van der Waals surface area contributed by atoms with Crippen molar-refractivity contribution in [2.24, 2.45) is 0 Å². The number of rotatable bonds is 6. The second-order valence-electron chi connectivity index (χ2n) is 6.44. The molecular formula is C20H23ClN2O3. The molecule has 2 aromatic carbocycles. The van der Waals surface area contributed by atoms with Gasteiger partial charge >= 0.3 is 0 Å². The fraction of sp³-hybridized carbons (Fsp3) is 0.350. The average molecular weight is 375 g/mol. The van der Waals surface area contributed by atoms with E-state index in [0.29, 0.717) is 16.5 Å². The van der Waals surface area contributed by atoms with Crippen LogP contribution >= 0.6 is 11.6 Å². The third-order valence-electron chi connectivity index (χ3n) is 4.29. The van der Waals surface area contributed by atoms with Crippen molar-refractivity contribution in [1.29, 1.82) is 0 Å². The number of ether oxygens (including phenoxy) is 2. The molecule has 1 aliphatic heterocycles. The lowest BCUT2D eigenvalue weighted by atomic mass is 10.1. The highest BCUT2D eigenvalue weighted by molar-refractivity contribution is 6.30. The predicted molar refractivity (Wildman–Crippen MR) is 103 cm³/mol. The zero-order chi connectivity index (χ0) is 18.4. The number of hydrogen-bond acceptors (Lipinski definition) is 4. The number of benzene rings is 2. The van der Waals surface area contributed by atoms with E-state index in [1.807, 2.05) is 24.3 Å². The van der Waals surface area contributed by atoms with Gasteiger partial charge in [-0.2, -0.15) is 0 Å². The highest BCUT2D eigenvalue weighted by atomic mass is 35.5. The minimum absolute atomic E-state index is 0.0600. The Hall–Kier alpha value is -2.24. The number of nitrogens with zero attached hydrogens (tertiary/aromatic N) is 1. The monoisotopic (exact) mass is 374 g/mol. The molecule has 138 valence electrons. The fourth-order valence-electron chi connectivity index (χ4n) is 2.79. The number of amides is 1. The van der Waals surface area contributed by atoms with Crippen LogP contribution in [0.4, 0.5) is 5.69 Å². The van der Waals surface area contributed by atoms with Crippen LogP contribution in [0.5, 0.6) is 11.5 Å². The van der Waals surface area contributed by atoms with Gasteiger partial charge in [-0.15, -0.1) is 0 Å². The molecule has 0 aromatic heterocycles. The Kier molecular flexibility index (Phi) is 6.36. The van der Waals surface area contributed by atoms with Crippen LogP contribution in [0.3, 0.4) is 0 Å². The number of anilines is 1. The first-order valence-corrected chi connectivity index (χ1v) is 9.10. The van der Waals surface area contributed by atoms with Gasteiger partial charge in [-0.25, -0.2) is 0 Å². The van der Waals surface area contributed by atoms with E-state index < -0.39 is 0 Å². The predicted octanol–water partition coefficient (Wildman–Crippen LogP) is 3.83. The zero-order valence-electron chi connectivity index (χ0n) is 14.8. The molecule has 1 amide bonds. The Bertz CT molecular complexity index is 711. The number of carbonyl (C=O) groups excluding carboxylic acids is 1. The first-order chi connectivity index (χ1) is 12.6. The molecule has 5 nitrogen and oxygen atoms in total. The van der Waals surface area contributed by atoms with E-state index in [-0.39, 0.29) is 18.6 Å². The highest BCUT2D eigenvalue weighted by Crippen LogP contribution is 2.21. The van der Waals surface area contributed by atoms with Crippen LogP contribution in [0, 0.1) is 0 Å². The van der Waals surface area contributed by atoms with Crippen molar-refractivity contribution < 1.29 is 14.3 Å². The Balaban J connectivity index is 1.44. The summed E-state index contributed by atoms with van der Waals surface area (Å²) in [5.41, 5.74) is 0.713. The SMILES string of the molecule is CN1CCC(Oc2ccc(NC(=O)COc3ccc(Cl)cc3)cc2)CC1. The summed E-state index contributed by atoms with van der Waals surface area (Å²) in [6.07, 6.45) is 2.34. The molecule has 26 heavy (non-hydrogen) atoms. The minimum Gasteiger partial charge on any atom is -0.490 e. The van der Waals surface area contributed by atoms with Crippen molar-refractivity contribution in [2.45, 2.75) is 18.9 Å². The van der Waals surface area contributed by atoms with Gasteiger partial charge in [0.1, 0.15) is 17.6 Å². The van der Waals surface area contributed by atoms with Gasteiger partial charge in [0.25, 0.3) is 5.91 Å². The molecule has 1 heterocycles. The number of hydrogen-bond donors (Lipinski definition) is 1. The normalized spacial score (nSPS) is 15.5. The molecule has 0 radical (unpaired) electrons. The number of carbonyl (C=O) groups is 1. The van der Waals surface area contributed by atoms with E-state index in [9.17, 15) is 4.79 Å². The summed E-state index contributed by atoms with van der Waals surface area (Å²) in [4.78, 5) is 14.3. The topological polar surface area (TPSA) is 50.8 Å². The van der Waals surface area contributed by atoms with E-state index in [0.717, 1.165) is 31.7 Å². The molecule has 0 saturated carbocycles.